The van der Waals surface area contributed by atoms with E-state index in [9.17, 15) is 14.4 Å². The lowest BCUT2D eigenvalue weighted by Gasteiger charge is -2.27. The van der Waals surface area contributed by atoms with E-state index in [-0.39, 0.29) is 23.9 Å². The zero-order chi connectivity index (χ0) is 17.9. The Morgan fingerprint density at radius 1 is 1.38 bits per heavy atom. The zero-order valence-corrected chi connectivity index (χ0v) is 14.4. The Labute approximate surface area is 141 Å². The molecular weight excluding hydrogens is 312 g/mol. The van der Waals surface area contributed by atoms with Crippen LogP contribution in [0.2, 0.25) is 0 Å². The summed E-state index contributed by atoms with van der Waals surface area (Å²) >= 11 is 0. The summed E-state index contributed by atoms with van der Waals surface area (Å²) in [6, 6.07) is 0.0939. The number of carbonyl (C=O) groups excluding carboxylic acids is 3. The molecule has 2 N–H and O–H groups in total. The van der Waals surface area contributed by atoms with E-state index in [2.05, 4.69) is 10.6 Å². The number of nitrogens with one attached hydrogen (secondary N) is 2. The third-order valence-electron chi connectivity index (χ3n) is 3.82. The van der Waals surface area contributed by atoms with E-state index in [1.807, 2.05) is 20.8 Å². The van der Waals surface area contributed by atoms with Gasteiger partial charge in [0.2, 0.25) is 5.91 Å². The topological polar surface area (TPSA) is 97.6 Å². The first kappa shape index (κ1) is 18.2. The van der Waals surface area contributed by atoms with E-state index in [1.54, 1.807) is 6.92 Å². The average molecular weight is 336 g/mol. The number of furan rings is 1. The van der Waals surface area contributed by atoms with Crippen molar-refractivity contribution in [3.05, 3.63) is 24.2 Å². The quantitative estimate of drug-likeness (QED) is 0.844. The molecule has 2 rings (SSSR count). The minimum Gasteiger partial charge on any atom is -0.472 e. The van der Waals surface area contributed by atoms with Crippen molar-refractivity contribution in [2.24, 2.45) is 5.41 Å². The van der Waals surface area contributed by atoms with Gasteiger partial charge < -0.3 is 19.8 Å². The number of amides is 2. The van der Waals surface area contributed by atoms with Gasteiger partial charge in [0, 0.05) is 0 Å². The Bertz CT molecular complexity index is 603. The predicted octanol–water partition coefficient (Wildman–Crippen LogP) is 1.29. The van der Waals surface area contributed by atoms with E-state index < -0.39 is 23.9 Å². The van der Waals surface area contributed by atoms with E-state index in [0.717, 1.165) is 0 Å². The summed E-state index contributed by atoms with van der Waals surface area (Å²) in [6.45, 7) is 7.66. The SMILES string of the molecule is C[C@@H]1OCC(=O)[C@H]1NC(=O)[C@H](CC(C)(C)C)NC(=O)c1ccoc1. The molecule has 1 aromatic heterocycles. The molecule has 1 aliphatic heterocycles. The smallest absolute Gasteiger partial charge is 0.255 e. The molecule has 0 aromatic carbocycles. The summed E-state index contributed by atoms with van der Waals surface area (Å²) in [6.07, 6.45) is 2.77. The van der Waals surface area contributed by atoms with E-state index in [1.165, 1.54) is 18.6 Å². The molecule has 1 aromatic rings. The van der Waals surface area contributed by atoms with E-state index in [0.29, 0.717) is 12.0 Å². The van der Waals surface area contributed by atoms with Gasteiger partial charge >= 0.3 is 0 Å². The molecular formula is C17H24N2O5. The fourth-order valence-electron chi connectivity index (χ4n) is 2.57. The minimum absolute atomic E-state index is 0.00255. The van der Waals surface area contributed by atoms with Gasteiger partial charge in [0.1, 0.15) is 25.0 Å². The molecule has 2 heterocycles. The van der Waals surface area contributed by atoms with Gasteiger partial charge in [-0.25, -0.2) is 0 Å². The molecule has 24 heavy (non-hydrogen) atoms. The summed E-state index contributed by atoms with van der Waals surface area (Å²) in [7, 11) is 0. The number of hydrogen-bond acceptors (Lipinski definition) is 5. The van der Waals surface area contributed by atoms with Crippen LogP contribution in [0.15, 0.2) is 23.0 Å². The second-order valence-corrected chi connectivity index (χ2v) is 7.27. The highest BCUT2D eigenvalue weighted by molar-refractivity contribution is 5.98. The largest absolute Gasteiger partial charge is 0.472 e. The highest BCUT2D eigenvalue weighted by Crippen LogP contribution is 2.22. The second kappa shape index (κ2) is 7.17. The summed E-state index contributed by atoms with van der Waals surface area (Å²) < 4.78 is 10.1. The fourth-order valence-corrected chi connectivity index (χ4v) is 2.57. The number of rotatable bonds is 5. The Balaban J connectivity index is 2.08. The third kappa shape index (κ3) is 4.67. The molecule has 0 unspecified atom stereocenters. The summed E-state index contributed by atoms with van der Waals surface area (Å²) in [5.41, 5.74) is 0.156. The van der Waals surface area contributed by atoms with Crippen LogP contribution in [0.5, 0.6) is 0 Å². The van der Waals surface area contributed by atoms with Gasteiger partial charge in [0.15, 0.2) is 5.78 Å². The van der Waals surface area contributed by atoms with Gasteiger partial charge in [-0.15, -0.1) is 0 Å². The van der Waals surface area contributed by atoms with Crippen LogP contribution in [-0.2, 0) is 14.3 Å². The first-order valence-electron chi connectivity index (χ1n) is 7.95. The molecule has 3 atom stereocenters. The third-order valence-corrected chi connectivity index (χ3v) is 3.82. The summed E-state index contributed by atoms with van der Waals surface area (Å²) in [5.74, 6) is -0.945. The maximum Gasteiger partial charge on any atom is 0.255 e. The first-order chi connectivity index (χ1) is 11.2. The Kier molecular flexibility index (Phi) is 5.43. The number of ketones is 1. The number of Topliss-reactive ketones (excluding diaryl/α,β-unsaturated/α-hetero) is 1. The normalized spacial score (nSPS) is 22.2. The molecule has 0 bridgehead atoms. The number of hydrogen-bond donors (Lipinski definition) is 2. The number of ether oxygens (including phenoxy) is 1. The molecule has 2 amide bonds. The van der Waals surface area contributed by atoms with Crippen LogP contribution < -0.4 is 10.6 Å². The number of carbonyl (C=O) groups is 3. The van der Waals surface area contributed by atoms with Crippen LogP contribution in [0.1, 0.15) is 44.5 Å². The molecule has 0 aliphatic carbocycles. The molecule has 7 heteroatoms. The van der Waals surface area contributed by atoms with Crippen LogP contribution in [0, 0.1) is 5.41 Å². The summed E-state index contributed by atoms with van der Waals surface area (Å²) in [4.78, 5) is 36.6. The minimum atomic E-state index is -0.756. The van der Waals surface area contributed by atoms with Crippen molar-refractivity contribution in [1.82, 2.24) is 10.6 Å². The van der Waals surface area contributed by atoms with Gasteiger partial charge in [0.05, 0.1) is 17.9 Å². The summed E-state index contributed by atoms with van der Waals surface area (Å²) in [5, 5.41) is 5.42. The van der Waals surface area contributed by atoms with E-state index in [4.69, 9.17) is 9.15 Å². The van der Waals surface area contributed by atoms with Crippen molar-refractivity contribution in [2.75, 3.05) is 6.61 Å². The Hall–Kier alpha value is -2.15. The van der Waals surface area contributed by atoms with E-state index >= 15 is 0 Å². The van der Waals surface area contributed by atoms with Gasteiger partial charge in [-0.3, -0.25) is 14.4 Å². The second-order valence-electron chi connectivity index (χ2n) is 7.27. The molecule has 1 aliphatic rings. The maximum absolute atomic E-state index is 12.6. The van der Waals surface area contributed by atoms with Gasteiger partial charge in [-0.2, -0.15) is 0 Å². The highest BCUT2D eigenvalue weighted by Gasteiger charge is 2.36. The van der Waals surface area contributed by atoms with Crippen molar-refractivity contribution in [3.63, 3.8) is 0 Å². The van der Waals surface area contributed by atoms with Gasteiger partial charge in [0.25, 0.3) is 5.91 Å². The standard InChI is InChI=1S/C17H24N2O5/c1-10-14(13(20)9-24-10)19-16(22)12(7-17(2,3)4)18-15(21)11-5-6-23-8-11/h5-6,8,10,12,14H,7,9H2,1-4H3,(H,18,21)(H,19,22)/t10-,12-,14-/m0/s1. The van der Waals surface area contributed by atoms with Crippen LogP contribution in [0.3, 0.4) is 0 Å². The van der Waals surface area contributed by atoms with Crippen LogP contribution in [0.4, 0.5) is 0 Å². The molecule has 1 fully saturated rings. The monoisotopic (exact) mass is 336 g/mol. The molecule has 0 spiro atoms. The average Bonchev–Trinajstić information content (AvgIpc) is 3.10. The molecule has 0 saturated carbocycles. The zero-order valence-electron chi connectivity index (χ0n) is 14.4. The highest BCUT2D eigenvalue weighted by atomic mass is 16.5. The Morgan fingerprint density at radius 2 is 2.08 bits per heavy atom. The van der Waals surface area contributed by atoms with Crippen LogP contribution in [0.25, 0.3) is 0 Å². The van der Waals surface area contributed by atoms with Crippen molar-refractivity contribution >= 4 is 17.6 Å². The molecule has 132 valence electrons. The van der Waals surface area contributed by atoms with Crippen molar-refractivity contribution in [1.29, 1.82) is 0 Å². The van der Waals surface area contributed by atoms with Gasteiger partial charge in [-0.1, -0.05) is 20.8 Å². The first-order valence-corrected chi connectivity index (χ1v) is 7.95. The molecule has 0 radical (unpaired) electrons. The van der Waals surface area contributed by atoms with Crippen molar-refractivity contribution in [3.8, 4) is 0 Å². The van der Waals surface area contributed by atoms with Crippen LogP contribution >= 0.6 is 0 Å². The van der Waals surface area contributed by atoms with Crippen molar-refractivity contribution < 1.29 is 23.5 Å². The predicted molar refractivity (Wildman–Crippen MR) is 86.4 cm³/mol. The lowest BCUT2D eigenvalue weighted by molar-refractivity contribution is -0.128. The van der Waals surface area contributed by atoms with Gasteiger partial charge in [-0.05, 0) is 24.8 Å². The van der Waals surface area contributed by atoms with Crippen LogP contribution in [-0.4, -0.2) is 42.4 Å². The fraction of sp³-hybridized carbons (Fsp3) is 0.588. The van der Waals surface area contributed by atoms with Crippen molar-refractivity contribution in [2.45, 2.75) is 52.3 Å². The Morgan fingerprint density at radius 3 is 2.58 bits per heavy atom. The molecule has 1 saturated heterocycles. The lowest BCUT2D eigenvalue weighted by atomic mass is 9.87. The molecule has 7 nitrogen and oxygen atoms in total. The lowest BCUT2D eigenvalue weighted by Crippen LogP contribution is -2.53. The maximum atomic E-state index is 12.6.